The summed E-state index contributed by atoms with van der Waals surface area (Å²) in [7, 11) is 0. The lowest BCUT2D eigenvalue weighted by atomic mass is 10.0. The van der Waals surface area contributed by atoms with Gasteiger partial charge < -0.3 is 21.9 Å². The molecular weight excluding hydrogens is 454 g/mol. The third-order valence-corrected chi connectivity index (χ3v) is 5.49. The molecule has 0 bridgehead atoms. The van der Waals surface area contributed by atoms with Gasteiger partial charge in [0.2, 0.25) is 0 Å². The van der Waals surface area contributed by atoms with E-state index < -0.39 is 0 Å². The number of carbonyl (C=O) groups is 1. The van der Waals surface area contributed by atoms with Crippen molar-refractivity contribution in [2.75, 3.05) is 16.8 Å². The molecule has 0 unspecified atom stereocenters. The van der Waals surface area contributed by atoms with Crippen LogP contribution in [0.25, 0.3) is 16.6 Å². The molecule has 0 saturated heterocycles. The minimum atomic E-state index is -0.385. The molecule has 9 nitrogen and oxygen atoms in total. The summed E-state index contributed by atoms with van der Waals surface area (Å²) in [5.41, 5.74) is 14.0. The van der Waals surface area contributed by atoms with Crippen molar-refractivity contribution in [2.45, 2.75) is 6.92 Å². The summed E-state index contributed by atoms with van der Waals surface area (Å²) < 4.78 is 1.43. The average Bonchev–Trinajstić information content (AvgIpc) is 3.28. The highest BCUT2D eigenvalue weighted by Crippen LogP contribution is 2.34. The number of aromatic nitrogens is 3. The fourth-order valence-corrected chi connectivity index (χ4v) is 3.55. The molecule has 0 fully saturated rings. The first-order valence-electron chi connectivity index (χ1n) is 10.9. The van der Waals surface area contributed by atoms with Crippen LogP contribution in [-0.4, -0.2) is 25.8 Å². The summed E-state index contributed by atoms with van der Waals surface area (Å²) in [6.45, 7) is 1.91. The predicted molar refractivity (Wildman–Crippen MR) is 140 cm³/mol. The number of para-hydroxylation sites is 1. The fourth-order valence-electron chi connectivity index (χ4n) is 3.55. The predicted octanol–water partition coefficient (Wildman–Crippen LogP) is 4.41. The zero-order valence-corrected chi connectivity index (χ0v) is 19.4. The standard InChI is InChI=1S/C18H16N2O2.C9H7N5/c1-11-6-2-5-9-15(11)20-18(22)14-10-12-7-3-4-8-13(12)16(19)17(14)21;10-5-7-6-13-14(9(7)11)8-3-1-2-4-12-8/h2-10,21H,19H2,1H3,(H,20,22);1-4,6H,11H2. The number of phenolic OH excluding ortho intramolecular Hbond substituents is 1. The van der Waals surface area contributed by atoms with Gasteiger partial charge in [-0.3, -0.25) is 4.79 Å². The quantitative estimate of drug-likeness (QED) is 0.221. The second-order valence-corrected chi connectivity index (χ2v) is 7.83. The third-order valence-electron chi connectivity index (χ3n) is 5.49. The van der Waals surface area contributed by atoms with Crippen molar-refractivity contribution in [1.82, 2.24) is 14.8 Å². The fraction of sp³-hybridized carbons (Fsp3) is 0.0370. The zero-order valence-electron chi connectivity index (χ0n) is 19.4. The number of phenols is 1. The van der Waals surface area contributed by atoms with Gasteiger partial charge >= 0.3 is 0 Å². The number of aryl methyl sites for hydroxylation is 1. The number of nitriles is 1. The number of pyridine rings is 1. The number of hydrogen-bond donors (Lipinski definition) is 4. The van der Waals surface area contributed by atoms with Crippen LogP contribution in [0.15, 0.2) is 85.2 Å². The van der Waals surface area contributed by atoms with Crippen LogP contribution in [0, 0.1) is 18.3 Å². The maximum atomic E-state index is 12.5. The molecule has 178 valence electrons. The van der Waals surface area contributed by atoms with Gasteiger partial charge in [0.05, 0.1) is 17.4 Å². The molecule has 0 aliphatic carbocycles. The van der Waals surface area contributed by atoms with E-state index in [0.29, 0.717) is 22.9 Å². The number of nitrogens with zero attached hydrogens (tertiary/aromatic N) is 4. The Morgan fingerprint density at radius 1 is 1.06 bits per heavy atom. The molecule has 0 radical (unpaired) electrons. The Hall–Kier alpha value is -5.36. The number of fused-ring (bicyclic) bond motifs is 1. The van der Waals surface area contributed by atoms with E-state index in [0.717, 1.165) is 16.3 Å². The largest absolute Gasteiger partial charge is 0.505 e. The van der Waals surface area contributed by atoms with Crippen molar-refractivity contribution in [3.8, 4) is 17.6 Å². The van der Waals surface area contributed by atoms with E-state index in [-0.39, 0.29) is 22.9 Å². The minimum absolute atomic E-state index is 0.166. The molecule has 9 heteroatoms. The topological polar surface area (TPSA) is 156 Å². The molecule has 0 aliphatic rings. The maximum absolute atomic E-state index is 12.5. The molecule has 2 aromatic heterocycles. The van der Waals surface area contributed by atoms with Crippen molar-refractivity contribution in [3.63, 3.8) is 0 Å². The summed E-state index contributed by atoms with van der Waals surface area (Å²) in [6, 6.07) is 23.8. The molecule has 36 heavy (non-hydrogen) atoms. The van der Waals surface area contributed by atoms with Crippen LogP contribution in [-0.2, 0) is 0 Å². The van der Waals surface area contributed by atoms with E-state index >= 15 is 0 Å². The van der Waals surface area contributed by atoms with Gasteiger partial charge in [-0.2, -0.15) is 15.0 Å². The van der Waals surface area contributed by atoms with Gasteiger partial charge in [-0.1, -0.05) is 48.5 Å². The second-order valence-electron chi connectivity index (χ2n) is 7.83. The Morgan fingerprint density at radius 3 is 2.47 bits per heavy atom. The number of nitrogens with two attached hydrogens (primary N) is 2. The number of benzene rings is 3. The van der Waals surface area contributed by atoms with E-state index in [4.69, 9.17) is 16.7 Å². The van der Waals surface area contributed by atoms with Crippen LogP contribution in [0.5, 0.6) is 5.75 Å². The molecule has 0 aliphatic heterocycles. The highest BCUT2D eigenvalue weighted by molar-refractivity contribution is 6.12. The van der Waals surface area contributed by atoms with Crippen molar-refractivity contribution in [2.24, 2.45) is 0 Å². The monoisotopic (exact) mass is 477 g/mol. The van der Waals surface area contributed by atoms with E-state index in [1.54, 1.807) is 24.4 Å². The van der Waals surface area contributed by atoms with E-state index in [1.165, 1.54) is 10.9 Å². The molecule has 6 N–H and O–H groups in total. The normalized spacial score (nSPS) is 10.2. The molecule has 1 amide bonds. The van der Waals surface area contributed by atoms with Gasteiger partial charge in [0.25, 0.3) is 5.91 Å². The first kappa shape index (κ1) is 23.8. The highest BCUT2D eigenvalue weighted by Gasteiger charge is 2.17. The maximum Gasteiger partial charge on any atom is 0.259 e. The van der Waals surface area contributed by atoms with Crippen LogP contribution in [0.2, 0.25) is 0 Å². The second kappa shape index (κ2) is 10.3. The third kappa shape index (κ3) is 4.78. The van der Waals surface area contributed by atoms with Gasteiger partial charge in [-0.25, -0.2) is 4.98 Å². The number of aromatic hydroxyl groups is 1. The summed E-state index contributed by atoms with van der Waals surface area (Å²) in [5.74, 6) is 0.340. The van der Waals surface area contributed by atoms with Crippen molar-refractivity contribution in [1.29, 1.82) is 5.26 Å². The average molecular weight is 478 g/mol. The molecule has 5 aromatic rings. The van der Waals surface area contributed by atoms with Gasteiger partial charge in [-0.05, 0) is 42.1 Å². The number of hydrogen-bond acceptors (Lipinski definition) is 7. The molecule has 5 rings (SSSR count). The molecule has 0 atom stereocenters. The zero-order chi connectivity index (χ0) is 25.7. The lowest BCUT2D eigenvalue weighted by Gasteiger charge is -2.12. The summed E-state index contributed by atoms with van der Waals surface area (Å²) in [6.07, 6.45) is 3.06. The summed E-state index contributed by atoms with van der Waals surface area (Å²) in [4.78, 5) is 16.5. The first-order chi connectivity index (χ1) is 17.4. The van der Waals surface area contributed by atoms with E-state index in [2.05, 4.69) is 15.4 Å². The number of rotatable bonds is 3. The Kier molecular flexibility index (Phi) is 6.79. The van der Waals surface area contributed by atoms with Crippen LogP contribution >= 0.6 is 0 Å². The Bertz CT molecular complexity index is 1590. The van der Waals surface area contributed by atoms with Crippen molar-refractivity contribution in [3.05, 3.63) is 102 Å². The van der Waals surface area contributed by atoms with Crippen molar-refractivity contribution >= 4 is 33.9 Å². The van der Waals surface area contributed by atoms with Crippen molar-refractivity contribution < 1.29 is 9.90 Å². The Labute approximate surface area is 207 Å². The van der Waals surface area contributed by atoms with Crippen LogP contribution in [0.4, 0.5) is 17.2 Å². The minimum Gasteiger partial charge on any atom is -0.505 e. The van der Waals surface area contributed by atoms with Crippen LogP contribution in [0.3, 0.4) is 0 Å². The highest BCUT2D eigenvalue weighted by atomic mass is 16.3. The number of nitrogen functional groups attached to an aromatic ring is 2. The SMILES string of the molecule is Cc1ccccc1NC(=O)c1cc2ccccc2c(N)c1O.N#Cc1cnn(-c2ccccn2)c1N. The number of nitrogens with one attached hydrogen (secondary N) is 1. The number of amides is 1. The molecule has 2 heterocycles. The van der Waals surface area contributed by atoms with Gasteiger partial charge in [0, 0.05) is 17.3 Å². The number of anilines is 3. The molecule has 3 aromatic carbocycles. The summed E-state index contributed by atoms with van der Waals surface area (Å²) in [5, 5.41) is 27.2. The van der Waals surface area contributed by atoms with Crippen LogP contribution < -0.4 is 16.8 Å². The number of carbonyl (C=O) groups excluding carboxylic acids is 1. The van der Waals surface area contributed by atoms with Gasteiger partial charge in [0.15, 0.2) is 11.6 Å². The Morgan fingerprint density at radius 2 is 1.78 bits per heavy atom. The lowest BCUT2D eigenvalue weighted by molar-refractivity contribution is 0.102. The molecule has 0 spiro atoms. The Balaban J connectivity index is 0.000000187. The summed E-state index contributed by atoms with van der Waals surface area (Å²) >= 11 is 0. The lowest BCUT2D eigenvalue weighted by Crippen LogP contribution is -2.13. The molecule has 0 saturated carbocycles. The van der Waals surface area contributed by atoms with E-state index in [9.17, 15) is 9.90 Å². The smallest absolute Gasteiger partial charge is 0.259 e. The van der Waals surface area contributed by atoms with Gasteiger partial charge in [-0.15, -0.1) is 0 Å². The van der Waals surface area contributed by atoms with E-state index in [1.807, 2.05) is 67.6 Å². The first-order valence-corrected chi connectivity index (χ1v) is 10.9. The molecular formula is C27H23N7O2. The van der Waals surface area contributed by atoms with Crippen LogP contribution in [0.1, 0.15) is 21.5 Å². The van der Waals surface area contributed by atoms with Gasteiger partial charge in [0.1, 0.15) is 17.5 Å².